The summed E-state index contributed by atoms with van der Waals surface area (Å²) in [7, 11) is 3.84. The van der Waals surface area contributed by atoms with E-state index in [-0.39, 0.29) is 0 Å². The van der Waals surface area contributed by atoms with Crippen molar-refractivity contribution in [1.82, 2.24) is 9.88 Å². The topological polar surface area (TPSA) is 37.4 Å². The molecule has 4 nitrogen and oxygen atoms in total. The zero-order valence-corrected chi connectivity index (χ0v) is 12.5. The smallest absolute Gasteiger partial charge is 0.121 e. The van der Waals surface area contributed by atoms with E-state index in [4.69, 9.17) is 4.74 Å². The van der Waals surface area contributed by atoms with Gasteiger partial charge in [0.1, 0.15) is 5.75 Å². The summed E-state index contributed by atoms with van der Waals surface area (Å²) in [4.78, 5) is 6.78. The summed E-state index contributed by atoms with van der Waals surface area (Å²) in [6.07, 6.45) is 3.00. The molecule has 0 saturated heterocycles. The van der Waals surface area contributed by atoms with Gasteiger partial charge in [0, 0.05) is 30.7 Å². The Balaban J connectivity index is 2.12. The highest BCUT2D eigenvalue weighted by molar-refractivity contribution is 5.91. The zero-order valence-electron chi connectivity index (χ0n) is 12.5. The van der Waals surface area contributed by atoms with Crippen LogP contribution in [0.3, 0.4) is 0 Å². The Labute approximate surface area is 120 Å². The number of benzene rings is 1. The molecule has 0 radical (unpaired) electrons. The van der Waals surface area contributed by atoms with Gasteiger partial charge in [-0.1, -0.05) is 13.0 Å². The van der Waals surface area contributed by atoms with Gasteiger partial charge in [-0.15, -0.1) is 0 Å². The second-order valence-electron chi connectivity index (χ2n) is 4.98. The number of aromatic nitrogens is 1. The molecule has 0 aliphatic heterocycles. The van der Waals surface area contributed by atoms with Crippen molar-refractivity contribution in [2.24, 2.45) is 0 Å². The molecule has 0 aliphatic rings. The molecule has 0 fully saturated rings. The van der Waals surface area contributed by atoms with Gasteiger partial charge in [-0.3, -0.25) is 4.98 Å². The van der Waals surface area contributed by atoms with E-state index in [9.17, 15) is 0 Å². The highest BCUT2D eigenvalue weighted by atomic mass is 16.5. The molecule has 0 unspecified atom stereocenters. The van der Waals surface area contributed by atoms with Crippen molar-refractivity contribution < 1.29 is 4.74 Å². The van der Waals surface area contributed by atoms with Gasteiger partial charge < -0.3 is 15.0 Å². The average molecular weight is 273 g/mol. The normalized spacial score (nSPS) is 11.0. The highest BCUT2D eigenvalue weighted by Crippen LogP contribution is 2.27. The number of methoxy groups -OCH3 is 1. The van der Waals surface area contributed by atoms with E-state index >= 15 is 0 Å². The van der Waals surface area contributed by atoms with E-state index in [1.807, 2.05) is 24.4 Å². The Morgan fingerprint density at radius 1 is 1.30 bits per heavy atom. The molecule has 20 heavy (non-hydrogen) atoms. The summed E-state index contributed by atoms with van der Waals surface area (Å²) >= 11 is 0. The Morgan fingerprint density at radius 3 is 2.90 bits per heavy atom. The SMILES string of the molecule is CCCN(C)CCNc1cc(OC)cc2cccnc12. The molecule has 0 amide bonds. The van der Waals surface area contributed by atoms with Crippen molar-refractivity contribution in [3.63, 3.8) is 0 Å². The standard InChI is InChI=1S/C16H23N3O/c1-4-9-19(2)10-8-17-15-12-14(20-3)11-13-6-5-7-18-16(13)15/h5-7,11-12,17H,4,8-10H2,1-3H3. The van der Waals surface area contributed by atoms with Crippen LogP contribution in [0.5, 0.6) is 5.75 Å². The predicted octanol–water partition coefficient (Wildman–Crippen LogP) is 3.00. The van der Waals surface area contributed by atoms with Gasteiger partial charge >= 0.3 is 0 Å². The van der Waals surface area contributed by atoms with Gasteiger partial charge in [0.2, 0.25) is 0 Å². The average Bonchev–Trinajstić information content (AvgIpc) is 2.47. The quantitative estimate of drug-likeness (QED) is 0.841. The number of hydrogen-bond donors (Lipinski definition) is 1. The zero-order chi connectivity index (χ0) is 14.4. The van der Waals surface area contributed by atoms with Crippen molar-refractivity contribution >= 4 is 16.6 Å². The van der Waals surface area contributed by atoms with E-state index in [2.05, 4.69) is 35.2 Å². The minimum atomic E-state index is 0.856. The second kappa shape index (κ2) is 7.10. The number of nitrogens with one attached hydrogen (secondary N) is 1. The summed E-state index contributed by atoms with van der Waals surface area (Å²) in [6.45, 7) is 5.23. The summed E-state index contributed by atoms with van der Waals surface area (Å²) in [5.41, 5.74) is 2.02. The van der Waals surface area contributed by atoms with Crippen LogP contribution in [0.15, 0.2) is 30.5 Å². The van der Waals surface area contributed by atoms with Gasteiger partial charge in [0.15, 0.2) is 0 Å². The molecule has 2 rings (SSSR count). The fourth-order valence-electron chi connectivity index (χ4n) is 2.29. The largest absolute Gasteiger partial charge is 0.497 e. The first-order valence-electron chi connectivity index (χ1n) is 7.09. The van der Waals surface area contributed by atoms with Gasteiger partial charge in [0.25, 0.3) is 0 Å². The molecule has 1 N–H and O–H groups in total. The van der Waals surface area contributed by atoms with E-state index in [0.29, 0.717) is 0 Å². The van der Waals surface area contributed by atoms with Crippen molar-refractivity contribution in [2.75, 3.05) is 39.1 Å². The number of likely N-dealkylation sites (N-methyl/N-ethyl adjacent to an activating group) is 1. The lowest BCUT2D eigenvalue weighted by atomic mass is 10.2. The Bertz CT molecular complexity index is 556. The lowest BCUT2D eigenvalue weighted by Gasteiger charge is -2.17. The Morgan fingerprint density at radius 2 is 2.15 bits per heavy atom. The Hall–Kier alpha value is -1.81. The molecule has 0 bridgehead atoms. The summed E-state index contributed by atoms with van der Waals surface area (Å²) < 4.78 is 5.35. The van der Waals surface area contributed by atoms with Crippen LogP contribution in [0, 0.1) is 0 Å². The van der Waals surface area contributed by atoms with Crippen molar-refractivity contribution in [3.05, 3.63) is 30.5 Å². The van der Waals surface area contributed by atoms with Crippen molar-refractivity contribution in [2.45, 2.75) is 13.3 Å². The van der Waals surface area contributed by atoms with Gasteiger partial charge in [0.05, 0.1) is 18.3 Å². The second-order valence-corrected chi connectivity index (χ2v) is 4.98. The maximum Gasteiger partial charge on any atom is 0.121 e. The molecule has 0 aliphatic carbocycles. The molecular weight excluding hydrogens is 250 g/mol. The number of fused-ring (bicyclic) bond motifs is 1. The summed E-state index contributed by atoms with van der Waals surface area (Å²) in [5.74, 6) is 0.856. The number of rotatable bonds is 7. The van der Waals surface area contributed by atoms with Crippen LogP contribution in [0.25, 0.3) is 10.9 Å². The van der Waals surface area contributed by atoms with Crippen LogP contribution in [0.2, 0.25) is 0 Å². The Kier molecular flexibility index (Phi) is 5.18. The van der Waals surface area contributed by atoms with Crippen LogP contribution < -0.4 is 10.1 Å². The molecule has 1 aromatic carbocycles. The molecule has 0 spiro atoms. The number of anilines is 1. The van der Waals surface area contributed by atoms with E-state index < -0.39 is 0 Å². The third-order valence-electron chi connectivity index (χ3n) is 3.33. The number of hydrogen-bond acceptors (Lipinski definition) is 4. The summed E-state index contributed by atoms with van der Waals surface area (Å²) in [6, 6.07) is 8.02. The predicted molar refractivity (Wildman–Crippen MR) is 84.6 cm³/mol. The molecular formula is C16H23N3O. The maximum atomic E-state index is 5.35. The van der Waals surface area contributed by atoms with Gasteiger partial charge in [-0.05, 0) is 32.1 Å². The first-order chi connectivity index (χ1) is 9.74. The molecule has 1 aromatic heterocycles. The minimum absolute atomic E-state index is 0.856. The van der Waals surface area contributed by atoms with Crippen LogP contribution in [0.1, 0.15) is 13.3 Å². The monoisotopic (exact) mass is 273 g/mol. The van der Waals surface area contributed by atoms with Crippen LogP contribution >= 0.6 is 0 Å². The minimum Gasteiger partial charge on any atom is -0.497 e. The van der Waals surface area contributed by atoms with E-state index in [0.717, 1.165) is 42.0 Å². The van der Waals surface area contributed by atoms with E-state index in [1.165, 1.54) is 6.42 Å². The third-order valence-corrected chi connectivity index (χ3v) is 3.33. The third kappa shape index (κ3) is 3.61. The molecule has 2 aromatic rings. The number of pyridine rings is 1. The van der Waals surface area contributed by atoms with Crippen molar-refractivity contribution in [3.8, 4) is 5.75 Å². The molecule has 4 heteroatoms. The lowest BCUT2D eigenvalue weighted by Crippen LogP contribution is -2.25. The lowest BCUT2D eigenvalue weighted by molar-refractivity contribution is 0.348. The van der Waals surface area contributed by atoms with Crippen molar-refractivity contribution in [1.29, 1.82) is 0 Å². The first kappa shape index (κ1) is 14.6. The van der Waals surface area contributed by atoms with Crippen LogP contribution in [-0.2, 0) is 0 Å². The fourth-order valence-corrected chi connectivity index (χ4v) is 2.29. The van der Waals surface area contributed by atoms with Crippen LogP contribution in [0.4, 0.5) is 5.69 Å². The molecule has 1 heterocycles. The summed E-state index contributed by atoms with van der Waals surface area (Å²) in [5, 5.41) is 4.56. The molecule has 108 valence electrons. The first-order valence-corrected chi connectivity index (χ1v) is 7.09. The number of nitrogens with zero attached hydrogens (tertiary/aromatic N) is 2. The molecule has 0 saturated carbocycles. The van der Waals surface area contributed by atoms with Gasteiger partial charge in [-0.25, -0.2) is 0 Å². The highest BCUT2D eigenvalue weighted by Gasteiger charge is 2.05. The van der Waals surface area contributed by atoms with E-state index in [1.54, 1.807) is 7.11 Å². The molecule has 0 atom stereocenters. The number of ether oxygens (including phenoxy) is 1. The maximum absolute atomic E-state index is 5.35. The fraction of sp³-hybridized carbons (Fsp3) is 0.438. The van der Waals surface area contributed by atoms with Gasteiger partial charge in [-0.2, -0.15) is 0 Å². The van der Waals surface area contributed by atoms with Crippen LogP contribution in [-0.4, -0.2) is 43.7 Å².